The van der Waals surface area contributed by atoms with Crippen LogP contribution in [0.4, 0.5) is 0 Å². The average Bonchev–Trinajstić information content (AvgIpc) is 4.00. The van der Waals surface area contributed by atoms with E-state index in [-0.39, 0.29) is 23.9 Å². The first-order valence-electron chi connectivity index (χ1n) is 19.2. The molecule has 1 aliphatic carbocycles. The monoisotopic (exact) mass is 686 g/mol. The Kier molecular flexibility index (Phi) is 8.55. The number of carbonyl (C=O) groups is 2. The standard InChI is InChI=1S/C41H50N8O2/c1-46-17-11-26(12-18-46)40(50)48-15-3-5-36(48)38-42-24-34(44-38)28-7-9-32-30(21-28)23-31-22-29(8-10-33(31)32)35-25-43-39(45-35)37-6-4-16-49(37)41(51)27-13-19-47(2)20-14-27/h7-10,21-22,24-27,36-37H,3-6,11-20,23H2,1-2H3,(H,42,44)(H,43,45)/t36-,37-/m1/s1. The molecular formula is C41H50N8O2. The van der Waals surface area contributed by atoms with E-state index in [1.165, 1.54) is 22.3 Å². The second-order valence-electron chi connectivity index (χ2n) is 15.8. The molecule has 0 radical (unpaired) electrons. The molecule has 0 bridgehead atoms. The van der Waals surface area contributed by atoms with E-state index in [1.807, 2.05) is 12.4 Å². The fourth-order valence-corrected chi connectivity index (χ4v) is 9.46. The zero-order valence-electron chi connectivity index (χ0n) is 30.0. The summed E-state index contributed by atoms with van der Waals surface area (Å²) in [5.74, 6) is 2.69. The maximum absolute atomic E-state index is 13.5. The van der Waals surface area contributed by atoms with Crippen molar-refractivity contribution >= 4 is 11.8 Å². The summed E-state index contributed by atoms with van der Waals surface area (Å²) in [5, 5.41) is 0. The van der Waals surface area contributed by atoms with Crippen LogP contribution in [-0.4, -0.2) is 105 Å². The van der Waals surface area contributed by atoms with Crippen LogP contribution in [0.15, 0.2) is 48.8 Å². The van der Waals surface area contributed by atoms with Gasteiger partial charge in [0.05, 0.1) is 35.9 Å². The van der Waals surface area contributed by atoms with Crippen LogP contribution >= 0.6 is 0 Å². The van der Waals surface area contributed by atoms with Gasteiger partial charge in [0.15, 0.2) is 0 Å². The van der Waals surface area contributed by atoms with Gasteiger partial charge in [-0.3, -0.25) is 9.59 Å². The van der Waals surface area contributed by atoms with Crippen LogP contribution in [0.25, 0.3) is 33.6 Å². The number of imidazole rings is 2. The van der Waals surface area contributed by atoms with Gasteiger partial charge in [-0.15, -0.1) is 0 Å². The molecule has 4 saturated heterocycles. The van der Waals surface area contributed by atoms with Crippen molar-refractivity contribution in [2.75, 3.05) is 53.4 Å². The molecule has 2 N–H and O–H groups in total. The SMILES string of the molecule is CN1CCC(C(=O)N2CCC[C@@H]2c2ncc(-c3ccc4c(c3)Cc3cc(-c5cnc([C@H]6CCCN6C(=O)C6CCN(C)CC6)[nH]5)ccc3-4)[nH]2)CC1. The third-order valence-electron chi connectivity index (χ3n) is 12.5. The van der Waals surface area contributed by atoms with Crippen molar-refractivity contribution in [2.45, 2.75) is 69.9 Å². The van der Waals surface area contributed by atoms with Crippen molar-refractivity contribution in [3.63, 3.8) is 0 Å². The molecule has 0 spiro atoms. The minimum atomic E-state index is 0.0300. The summed E-state index contributed by atoms with van der Waals surface area (Å²) in [6.45, 7) is 5.62. The predicted octanol–water partition coefficient (Wildman–Crippen LogP) is 6.05. The molecule has 10 nitrogen and oxygen atoms in total. The molecule has 4 fully saturated rings. The Morgan fingerprint density at radius 3 is 1.47 bits per heavy atom. The number of hydrogen-bond donors (Lipinski definition) is 2. The van der Waals surface area contributed by atoms with Gasteiger partial charge in [0.2, 0.25) is 11.8 Å². The van der Waals surface area contributed by atoms with E-state index in [0.29, 0.717) is 11.8 Å². The van der Waals surface area contributed by atoms with Crippen LogP contribution in [0, 0.1) is 11.8 Å². The van der Waals surface area contributed by atoms with Gasteiger partial charge in [0, 0.05) is 24.9 Å². The number of likely N-dealkylation sites (tertiary alicyclic amines) is 4. The number of fused-ring (bicyclic) bond motifs is 3. The quantitative estimate of drug-likeness (QED) is 0.226. The van der Waals surface area contributed by atoms with Crippen LogP contribution in [0.5, 0.6) is 0 Å². The van der Waals surface area contributed by atoms with E-state index in [0.717, 1.165) is 131 Å². The smallest absolute Gasteiger partial charge is 0.226 e. The van der Waals surface area contributed by atoms with Crippen molar-refractivity contribution in [2.24, 2.45) is 11.8 Å². The van der Waals surface area contributed by atoms with E-state index in [1.54, 1.807) is 0 Å². The largest absolute Gasteiger partial charge is 0.340 e. The minimum Gasteiger partial charge on any atom is -0.340 e. The molecule has 266 valence electrons. The van der Waals surface area contributed by atoms with Crippen LogP contribution in [0.2, 0.25) is 0 Å². The number of rotatable bonds is 6. The number of piperidine rings is 2. The third kappa shape index (κ3) is 6.10. The highest BCUT2D eigenvalue weighted by atomic mass is 16.2. The summed E-state index contributed by atoms with van der Waals surface area (Å²) in [5.41, 5.74) is 9.45. The molecule has 2 atom stereocenters. The first kappa shape index (κ1) is 32.6. The van der Waals surface area contributed by atoms with E-state index in [4.69, 9.17) is 9.97 Å². The summed E-state index contributed by atoms with van der Waals surface area (Å²) in [6, 6.07) is 13.5. The average molecular weight is 687 g/mol. The lowest BCUT2D eigenvalue weighted by Crippen LogP contribution is -2.41. The summed E-state index contributed by atoms with van der Waals surface area (Å²) >= 11 is 0. The number of H-pyrrole nitrogens is 2. The second-order valence-corrected chi connectivity index (χ2v) is 15.8. The zero-order chi connectivity index (χ0) is 34.6. The van der Waals surface area contributed by atoms with Crippen molar-refractivity contribution in [3.05, 3.63) is 71.6 Å². The Balaban J connectivity index is 0.884. The Hall–Kier alpha value is -4.28. The summed E-state index contributed by atoms with van der Waals surface area (Å²) in [6.07, 6.45) is 12.5. The van der Waals surface area contributed by atoms with Crippen molar-refractivity contribution in [1.29, 1.82) is 0 Å². The highest BCUT2D eigenvalue weighted by molar-refractivity contribution is 5.82. The van der Waals surface area contributed by atoms with E-state index in [9.17, 15) is 9.59 Å². The van der Waals surface area contributed by atoms with Crippen molar-refractivity contribution < 1.29 is 9.59 Å². The van der Waals surface area contributed by atoms with Gasteiger partial charge in [-0.25, -0.2) is 9.97 Å². The number of hydrogen-bond acceptors (Lipinski definition) is 6. The summed E-state index contributed by atoms with van der Waals surface area (Å²) in [7, 11) is 4.28. The lowest BCUT2D eigenvalue weighted by molar-refractivity contribution is -0.138. The van der Waals surface area contributed by atoms with Gasteiger partial charge in [0.25, 0.3) is 0 Å². The van der Waals surface area contributed by atoms with E-state index in [2.05, 4.69) is 80.1 Å². The van der Waals surface area contributed by atoms with Crippen LogP contribution < -0.4 is 0 Å². The van der Waals surface area contributed by atoms with Crippen LogP contribution in [-0.2, 0) is 16.0 Å². The Labute approximate surface area is 300 Å². The Bertz CT molecular complexity index is 1790. The number of nitrogens with zero attached hydrogens (tertiary/aromatic N) is 6. The highest BCUT2D eigenvalue weighted by Gasteiger charge is 2.38. The third-order valence-corrected chi connectivity index (χ3v) is 12.5. The number of benzene rings is 2. The molecular weight excluding hydrogens is 637 g/mol. The summed E-state index contributed by atoms with van der Waals surface area (Å²) < 4.78 is 0. The van der Waals surface area contributed by atoms with E-state index >= 15 is 0 Å². The van der Waals surface area contributed by atoms with Gasteiger partial charge in [0.1, 0.15) is 11.6 Å². The molecule has 5 aliphatic rings. The number of aromatic amines is 2. The predicted molar refractivity (Wildman–Crippen MR) is 198 cm³/mol. The first-order chi connectivity index (χ1) is 24.9. The molecule has 2 aromatic carbocycles. The number of carbonyl (C=O) groups excluding carboxylic acids is 2. The maximum Gasteiger partial charge on any atom is 0.226 e. The topological polar surface area (TPSA) is 104 Å². The number of amides is 2. The molecule has 4 aromatic rings. The Morgan fingerprint density at radius 1 is 0.608 bits per heavy atom. The fourth-order valence-electron chi connectivity index (χ4n) is 9.46. The van der Waals surface area contributed by atoms with Gasteiger partial charge in [-0.05, 0) is 144 Å². The lowest BCUT2D eigenvalue weighted by Gasteiger charge is -2.32. The van der Waals surface area contributed by atoms with Gasteiger partial charge >= 0.3 is 0 Å². The normalized spacial score (nSPS) is 23.3. The summed E-state index contributed by atoms with van der Waals surface area (Å²) in [4.78, 5) is 52.8. The van der Waals surface area contributed by atoms with Gasteiger partial charge < -0.3 is 29.6 Å². The molecule has 2 amide bonds. The van der Waals surface area contributed by atoms with Gasteiger partial charge in [-0.1, -0.05) is 24.3 Å². The number of nitrogens with one attached hydrogen (secondary N) is 2. The highest BCUT2D eigenvalue weighted by Crippen LogP contribution is 2.41. The molecule has 4 aliphatic heterocycles. The maximum atomic E-state index is 13.5. The van der Waals surface area contributed by atoms with Gasteiger partial charge in [-0.2, -0.15) is 0 Å². The minimum absolute atomic E-state index is 0.0300. The van der Waals surface area contributed by atoms with Crippen LogP contribution in [0.1, 0.15) is 86.2 Å². The Morgan fingerprint density at radius 2 is 1.04 bits per heavy atom. The molecule has 51 heavy (non-hydrogen) atoms. The molecule has 2 aromatic heterocycles. The van der Waals surface area contributed by atoms with Crippen molar-refractivity contribution in [3.8, 4) is 33.6 Å². The van der Waals surface area contributed by atoms with E-state index < -0.39 is 0 Å². The second kappa shape index (κ2) is 13.4. The van der Waals surface area contributed by atoms with Crippen LogP contribution in [0.3, 0.4) is 0 Å². The lowest BCUT2D eigenvalue weighted by atomic mass is 9.95. The molecule has 6 heterocycles. The molecule has 0 unspecified atom stereocenters. The first-order valence-corrected chi connectivity index (χ1v) is 19.2. The van der Waals surface area contributed by atoms with Crippen molar-refractivity contribution in [1.82, 2.24) is 39.5 Å². The molecule has 10 heteroatoms. The molecule has 0 saturated carbocycles. The zero-order valence-corrected chi connectivity index (χ0v) is 30.0. The molecule has 9 rings (SSSR count). The fraction of sp³-hybridized carbons (Fsp3) is 0.512. The number of aromatic nitrogens is 4.